The van der Waals surface area contributed by atoms with E-state index in [1.54, 1.807) is 23.1 Å². The predicted octanol–water partition coefficient (Wildman–Crippen LogP) is 2.18. The number of hydrogen-bond acceptors (Lipinski definition) is 4. The lowest BCUT2D eigenvalue weighted by atomic mass is 10.1. The Morgan fingerprint density at radius 2 is 2.26 bits per heavy atom. The second kappa shape index (κ2) is 4.60. The molecule has 0 atom stereocenters. The van der Waals surface area contributed by atoms with Crippen molar-refractivity contribution >= 4 is 22.6 Å². The third kappa shape index (κ3) is 2.07. The molecule has 5 nitrogen and oxygen atoms in total. The van der Waals surface area contributed by atoms with Crippen LogP contribution in [0.15, 0.2) is 30.7 Å². The smallest absolute Gasteiger partial charge is 0.161 e. The molecule has 0 amide bonds. The maximum absolute atomic E-state index is 9.51. The lowest BCUT2D eigenvalue weighted by molar-refractivity contribution is 0.282. The molecular weight excluding hydrogens is 264 g/mol. The molecule has 0 unspecified atom stereocenters. The van der Waals surface area contributed by atoms with Gasteiger partial charge in [-0.3, -0.25) is 4.68 Å². The van der Waals surface area contributed by atoms with Gasteiger partial charge in [0.05, 0.1) is 23.5 Å². The van der Waals surface area contributed by atoms with Gasteiger partial charge in [-0.15, -0.1) is 0 Å². The normalized spacial score (nSPS) is 11.1. The highest BCUT2D eigenvalue weighted by atomic mass is 35.5. The lowest BCUT2D eigenvalue weighted by Gasteiger charge is -2.07. The number of aryl methyl sites for hydroxylation is 1. The van der Waals surface area contributed by atoms with E-state index in [1.807, 2.05) is 19.3 Å². The van der Waals surface area contributed by atoms with Gasteiger partial charge in [-0.05, 0) is 12.1 Å². The second-order valence-corrected chi connectivity index (χ2v) is 4.63. The van der Waals surface area contributed by atoms with Crippen molar-refractivity contribution in [1.82, 2.24) is 19.7 Å². The van der Waals surface area contributed by atoms with Gasteiger partial charge in [0.1, 0.15) is 0 Å². The maximum atomic E-state index is 9.51. The van der Waals surface area contributed by atoms with Crippen LogP contribution in [-0.4, -0.2) is 24.9 Å². The highest BCUT2D eigenvalue weighted by molar-refractivity contribution is 6.35. The Morgan fingerprint density at radius 3 is 2.95 bits per heavy atom. The molecule has 0 saturated heterocycles. The van der Waals surface area contributed by atoms with Crippen LogP contribution in [0.5, 0.6) is 0 Å². The van der Waals surface area contributed by atoms with E-state index in [0.717, 1.165) is 10.9 Å². The van der Waals surface area contributed by atoms with E-state index in [0.29, 0.717) is 21.9 Å². The minimum absolute atomic E-state index is 0.113. The number of nitrogens with zero attached hydrogens (tertiary/aromatic N) is 4. The van der Waals surface area contributed by atoms with Crippen molar-refractivity contribution in [2.75, 3.05) is 0 Å². The van der Waals surface area contributed by atoms with Crippen molar-refractivity contribution in [2.24, 2.45) is 7.05 Å². The quantitative estimate of drug-likeness (QED) is 0.778. The highest BCUT2D eigenvalue weighted by Gasteiger charge is 2.12. The van der Waals surface area contributed by atoms with Gasteiger partial charge in [0.2, 0.25) is 0 Å². The van der Waals surface area contributed by atoms with Crippen molar-refractivity contribution < 1.29 is 5.11 Å². The molecule has 0 aliphatic carbocycles. The minimum atomic E-state index is -0.113. The Kier molecular flexibility index (Phi) is 2.93. The molecule has 0 aromatic carbocycles. The van der Waals surface area contributed by atoms with Gasteiger partial charge in [-0.25, -0.2) is 9.97 Å². The number of aliphatic hydroxyl groups excluding tert-OH is 1. The molecule has 0 saturated carbocycles. The van der Waals surface area contributed by atoms with E-state index in [4.69, 9.17) is 11.6 Å². The zero-order valence-corrected chi connectivity index (χ0v) is 11.0. The molecule has 0 aliphatic heterocycles. The summed E-state index contributed by atoms with van der Waals surface area (Å²) in [7, 11) is 1.83. The van der Waals surface area contributed by atoms with E-state index in [9.17, 15) is 5.11 Å². The Labute approximate surface area is 114 Å². The van der Waals surface area contributed by atoms with Gasteiger partial charge in [0, 0.05) is 36.0 Å². The van der Waals surface area contributed by atoms with Gasteiger partial charge in [0.15, 0.2) is 5.65 Å². The van der Waals surface area contributed by atoms with Crippen molar-refractivity contribution in [3.05, 3.63) is 41.3 Å². The van der Waals surface area contributed by atoms with Gasteiger partial charge < -0.3 is 5.11 Å². The van der Waals surface area contributed by atoms with Crippen molar-refractivity contribution in [2.45, 2.75) is 6.61 Å². The van der Waals surface area contributed by atoms with Gasteiger partial charge in [-0.2, -0.15) is 5.10 Å². The molecular formula is C13H11ClN4O. The summed E-state index contributed by atoms with van der Waals surface area (Å²) < 4.78 is 1.69. The number of hydrogen-bond donors (Lipinski definition) is 1. The first-order valence-corrected chi connectivity index (χ1v) is 6.11. The Morgan fingerprint density at radius 1 is 1.42 bits per heavy atom. The fraction of sp³-hybridized carbons (Fsp3) is 0.154. The Hall–Kier alpha value is -1.98. The zero-order valence-electron chi connectivity index (χ0n) is 10.2. The fourth-order valence-electron chi connectivity index (χ4n) is 2.00. The molecule has 0 radical (unpaired) electrons. The fourth-order valence-corrected chi connectivity index (χ4v) is 2.19. The van der Waals surface area contributed by atoms with E-state index in [-0.39, 0.29) is 6.61 Å². The summed E-state index contributed by atoms with van der Waals surface area (Å²) in [5, 5.41) is 14.9. The van der Waals surface area contributed by atoms with Crippen molar-refractivity contribution in [3.8, 4) is 11.3 Å². The molecule has 3 heterocycles. The molecule has 19 heavy (non-hydrogen) atoms. The standard InChI is InChI=1S/C13H11ClN4O/c1-18-6-9(5-16-18)12-8(7-19)4-10-11(14)2-3-15-13(10)17-12/h2-6,19H,7H2,1H3. The number of pyridine rings is 2. The molecule has 0 bridgehead atoms. The second-order valence-electron chi connectivity index (χ2n) is 4.22. The van der Waals surface area contributed by atoms with Crippen LogP contribution >= 0.6 is 11.6 Å². The summed E-state index contributed by atoms with van der Waals surface area (Å²) >= 11 is 6.11. The monoisotopic (exact) mass is 274 g/mol. The first-order chi connectivity index (χ1) is 9.19. The summed E-state index contributed by atoms with van der Waals surface area (Å²) in [5.41, 5.74) is 2.78. The Bertz CT molecular complexity index is 753. The molecule has 0 fully saturated rings. The van der Waals surface area contributed by atoms with Crippen LogP contribution in [0.1, 0.15) is 5.56 Å². The highest BCUT2D eigenvalue weighted by Crippen LogP contribution is 2.28. The summed E-state index contributed by atoms with van der Waals surface area (Å²) in [5.74, 6) is 0. The first-order valence-electron chi connectivity index (χ1n) is 5.73. The van der Waals surface area contributed by atoms with E-state index in [1.165, 1.54) is 0 Å². The third-order valence-corrected chi connectivity index (χ3v) is 3.23. The molecule has 0 spiro atoms. The predicted molar refractivity (Wildman–Crippen MR) is 72.7 cm³/mol. The zero-order chi connectivity index (χ0) is 13.4. The summed E-state index contributed by atoms with van der Waals surface area (Å²) in [6.45, 7) is -0.113. The SMILES string of the molecule is Cn1cc(-c2nc3nccc(Cl)c3cc2CO)cn1. The van der Waals surface area contributed by atoms with Crippen LogP contribution in [0, 0.1) is 0 Å². The minimum Gasteiger partial charge on any atom is -0.392 e. The topological polar surface area (TPSA) is 63.8 Å². The maximum Gasteiger partial charge on any atom is 0.161 e. The van der Waals surface area contributed by atoms with E-state index >= 15 is 0 Å². The third-order valence-electron chi connectivity index (χ3n) is 2.90. The largest absolute Gasteiger partial charge is 0.392 e. The summed E-state index contributed by atoms with van der Waals surface area (Å²) in [6.07, 6.45) is 5.17. The van der Waals surface area contributed by atoms with Crippen LogP contribution in [-0.2, 0) is 13.7 Å². The molecule has 3 aromatic rings. The van der Waals surface area contributed by atoms with E-state index < -0.39 is 0 Å². The number of aliphatic hydroxyl groups is 1. The number of fused-ring (bicyclic) bond motifs is 1. The van der Waals surface area contributed by atoms with Crippen LogP contribution in [0.3, 0.4) is 0 Å². The van der Waals surface area contributed by atoms with Crippen molar-refractivity contribution in [3.63, 3.8) is 0 Å². The number of rotatable bonds is 2. The van der Waals surface area contributed by atoms with Crippen LogP contribution in [0.2, 0.25) is 5.02 Å². The van der Waals surface area contributed by atoms with Gasteiger partial charge in [0.25, 0.3) is 0 Å². The molecule has 3 rings (SSSR count). The van der Waals surface area contributed by atoms with Crippen molar-refractivity contribution in [1.29, 1.82) is 0 Å². The molecule has 3 aromatic heterocycles. The first kappa shape index (κ1) is 12.1. The molecule has 1 N–H and O–H groups in total. The average Bonchev–Trinajstić information content (AvgIpc) is 2.84. The Balaban J connectivity index is 2.29. The molecule has 96 valence electrons. The van der Waals surface area contributed by atoms with E-state index in [2.05, 4.69) is 15.1 Å². The molecule has 0 aliphatic rings. The van der Waals surface area contributed by atoms with Crippen LogP contribution < -0.4 is 0 Å². The number of aromatic nitrogens is 4. The molecule has 6 heteroatoms. The summed E-state index contributed by atoms with van der Waals surface area (Å²) in [4.78, 5) is 8.69. The lowest BCUT2D eigenvalue weighted by Crippen LogP contribution is -1.95. The van der Waals surface area contributed by atoms with Crippen LogP contribution in [0.4, 0.5) is 0 Å². The summed E-state index contributed by atoms with van der Waals surface area (Å²) in [6, 6.07) is 3.52. The number of halogens is 1. The average molecular weight is 275 g/mol. The van der Waals surface area contributed by atoms with Crippen LogP contribution in [0.25, 0.3) is 22.3 Å². The van der Waals surface area contributed by atoms with Gasteiger partial charge in [-0.1, -0.05) is 11.6 Å². The van der Waals surface area contributed by atoms with Gasteiger partial charge >= 0.3 is 0 Å².